The Bertz CT molecular complexity index is 629. The summed E-state index contributed by atoms with van der Waals surface area (Å²) in [5.74, 6) is 0.0330. The van der Waals surface area contributed by atoms with E-state index in [1.165, 1.54) is 25.7 Å². The van der Waals surface area contributed by atoms with Crippen LogP contribution in [0.5, 0.6) is 0 Å². The molecule has 0 bridgehead atoms. The van der Waals surface area contributed by atoms with Gasteiger partial charge in [-0.1, -0.05) is 24.2 Å². The monoisotopic (exact) mass is 289 g/mol. The fourth-order valence-electron chi connectivity index (χ4n) is 2.62. The molecule has 4 nitrogen and oxygen atoms in total. The summed E-state index contributed by atoms with van der Waals surface area (Å²) >= 11 is 1.63. The van der Waals surface area contributed by atoms with Gasteiger partial charge in [-0.2, -0.15) is 0 Å². The number of thiazole rings is 1. The van der Waals surface area contributed by atoms with Gasteiger partial charge >= 0.3 is 0 Å². The van der Waals surface area contributed by atoms with Crippen molar-refractivity contribution in [1.29, 1.82) is 0 Å². The number of aromatic nitrogens is 1. The SMILES string of the molecule is CN(C)C(=O)c1ccc2nc(NC3CCCC3)sc2c1. The summed E-state index contributed by atoms with van der Waals surface area (Å²) < 4.78 is 1.07. The molecule has 1 aliphatic carbocycles. The average Bonchev–Trinajstić information content (AvgIpc) is 3.05. The molecule has 3 rings (SSSR count). The Morgan fingerprint density at radius 1 is 1.35 bits per heavy atom. The lowest BCUT2D eigenvalue weighted by atomic mass is 10.2. The molecule has 0 saturated heterocycles. The van der Waals surface area contributed by atoms with Crippen LogP contribution in [0.4, 0.5) is 5.13 Å². The lowest BCUT2D eigenvalue weighted by molar-refractivity contribution is 0.0828. The van der Waals surface area contributed by atoms with Crippen LogP contribution in [0.25, 0.3) is 10.2 Å². The number of carbonyl (C=O) groups is 1. The smallest absolute Gasteiger partial charge is 0.253 e. The van der Waals surface area contributed by atoms with Crippen LogP contribution in [-0.2, 0) is 0 Å². The molecule has 5 heteroatoms. The molecule has 1 fully saturated rings. The molecule has 20 heavy (non-hydrogen) atoms. The van der Waals surface area contributed by atoms with E-state index < -0.39 is 0 Å². The number of carbonyl (C=O) groups excluding carboxylic acids is 1. The van der Waals surface area contributed by atoms with Crippen LogP contribution in [0.3, 0.4) is 0 Å². The average molecular weight is 289 g/mol. The molecule has 2 aromatic rings. The first-order valence-corrected chi connectivity index (χ1v) is 7.84. The van der Waals surface area contributed by atoms with Gasteiger partial charge in [0, 0.05) is 25.7 Å². The molecule has 1 saturated carbocycles. The quantitative estimate of drug-likeness (QED) is 0.942. The highest BCUT2D eigenvalue weighted by atomic mass is 32.1. The minimum Gasteiger partial charge on any atom is -0.359 e. The predicted molar refractivity (Wildman–Crippen MR) is 83.5 cm³/mol. The summed E-state index contributed by atoms with van der Waals surface area (Å²) in [4.78, 5) is 18.2. The Kier molecular flexibility index (Phi) is 3.61. The van der Waals surface area contributed by atoms with Crippen molar-refractivity contribution in [2.75, 3.05) is 19.4 Å². The zero-order chi connectivity index (χ0) is 14.1. The summed E-state index contributed by atoms with van der Waals surface area (Å²) in [7, 11) is 3.54. The first-order chi connectivity index (χ1) is 9.63. The largest absolute Gasteiger partial charge is 0.359 e. The van der Waals surface area contributed by atoms with E-state index in [9.17, 15) is 4.79 Å². The van der Waals surface area contributed by atoms with Gasteiger partial charge in [0.25, 0.3) is 5.91 Å². The maximum absolute atomic E-state index is 12.0. The van der Waals surface area contributed by atoms with E-state index in [0.29, 0.717) is 6.04 Å². The lowest BCUT2D eigenvalue weighted by Gasteiger charge is -2.09. The second-order valence-electron chi connectivity index (χ2n) is 5.53. The molecule has 1 aromatic carbocycles. The van der Waals surface area contributed by atoms with Gasteiger partial charge in [-0.3, -0.25) is 4.79 Å². The summed E-state index contributed by atoms with van der Waals surface area (Å²) in [5.41, 5.74) is 1.68. The summed E-state index contributed by atoms with van der Waals surface area (Å²) in [5, 5.41) is 4.49. The van der Waals surface area contributed by atoms with Gasteiger partial charge in [0.2, 0.25) is 0 Å². The molecular weight excluding hydrogens is 270 g/mol. The van der Waals surface area contributed by atoms with Crippen molar-refractivity contribution in [2.45, 2.75) is 31.7 Å². The van der Waals surface area contributed by atoms with Crippen molar-refractivity contribution in [2.24, 2.45) is 0 Å². The Balaban J connectivity index is 1.85. The summed E-state index contributed by atoms with van der Waals surface area (Å²) in [6, 6.07) is 6.29. The van der Waals surface area contributed by atoms with E-state index in [2.05, 4.69) is 10.3 Å². The Labute approximate surface area is 122 Å². The van der Waals surface area contributed by atoms with Crippen LogP contribution in [0, 0.1) is 0 Å². The second kappa shape index (κ2) is 5.40. The first kappa shape index (κ1) is 13.4. The molecule has 106 valence electrons. The van der Waals surface area contributed by atoms with Crippen molar-refractivity contribution in [1.82, 2.24) is 9.88 Å². The van der Waals surface area contributed by atoms with E-state index >= 15 is 0 Å². The Morgan fingerprint density at radius 3 is 2.80 bits per heavy atom. The standard InChI is InChI=1S/C15H19N3OS/c1-18(2)14(19)10-7-8-12-13(9-10)20-15(17-12)16-11-5-3-4-6-11/h7-9,11H,3-6H2,1-2H3,(H,16,17). The van der Waals surface area contributed by atoms with E-state index in [-0.39, 0.29) is 5.91 Å². The predicted octanol–water partition coefficient (Wildman–Crippen LogP) is 3.35. The molecule has 0 spiro atoms. The van der Waals surface area contributed by atoms with Crippen LogP contribution in [-0.4, -0.2) is 35.9 Å². The molecule has 1 aliphatic rings. The normalized spacial score (nSPS) is 15.7. The number of nitrogens with zero attached hydrogens (tertiary/aromatic N) is 2. The molecule has 1 amide bonds. The minimum atomic E-state index is 0.0330. The highest BCUT2D eigenvalue weighted by molar-refractivity contribution is 7.22. The molecule has 0 unspecified atom stereocenters. The van der Waals surface area contributed by atoms with Crippen molar-refractivity contribution in [3.63, 3.8) is 0 Å². The van der Waals surface area contributed by atoms with Crippen LogP contribution in [0.1, 0.15) is 36.0 Å². The van der Waals surface area contributed by atoms with Gasteiger partial charge in [-0.25, -0.2) is 4.98 Å². The van der Waals surface area contributed by atoms with Crippen LogP contribution < -0.4 is 5.32 Å². The van der Waals surface area contributed by atoms with Crippen molar-refractivity contribution >= 4 is 32.6 Å². The molecular formula is C15H19N3OS. The fraction of sp³-hybridized carbons (Fsp3) is 0.467. The van der Waals surface area contributed by atoms with Gasteiger partial charge in [0.05, 0.1) is 10.2 Å². The minimum absolute atomic E-state index is 0.0330. The van der Waals surface area contributed by atoms with Crippen molar-refractivity contribution in [3.05, 3.63) is 23.8 Å². The first-order valence-electron chi connectivity index (χ1n) is 7.02. The van der Waals surface area contributed by atoms with Gasteiger partial charge in [0.1, 0.15) is 0 Å². The van der Waals surface area contributed by atoms with Gasteiger partial charge in [-0.15, -0.1) is 0 Å². The molecule has 1 heterocycles. The van der Waals surface area contributed by atoms with Crippen molar-refractivity contribution < 1.29 is 4.79 Å². The highest BCUT2D eigenvalue weighted by Gasteiger charge is 2.17. The van der Waals surface area contributed by atoms with E-state index in [4.69, 9.17) is 0 Å². The third-order valence-corrected chi connectivity index (χ3v) is 4.67. The zero-order valence-electron chi connectivity index (χ0n) is 11.8. The number of rotatable bonds is 3. The number of hydrogen-bond donors (Lipinski definition) is 1. The highest BCUT2D eigenvalue weighted by Crippen LogP contribution is 2.30. The molecule has 0 radical (unpaired) electrons. The molecule has 0 atom stereocenters. The van der Waals surface area contributed by atoms with Gasteiger partial charge < -0.3 is 10.2 Å². The topological polar surface area (TPSA) is 45.2 Å². The van der Waals surface area contributed by atoms with Crippen LogP contribution in [0.2, 0.25) is 0 Å². The van der Waals surface area contributed by atoms with E-state index in [1.807, 2.05) is 18.2 Å². The number of hydrogen-bond acceptors (Lipinski definition) is 4. The maximum Gasteiger partial charge on any atom is 0.253 e. The summed E-state index contributed by atoms with van der Waals surface area (Å²) in [6.07, 6.45) is 5.09. The maximum atomic E-state index is 12.0. The third-order valence-electron chi connectivity index (χ3n) is 3.72. The Hall–Kier alpha value is -1.62. The summed E-state index contributed by atoms with van der Waals surface area (Å²) in [6.45, 7) is 0. The number of nitrogens with one attached hydrogen (secondary N) is 1. The van der Waals surface area contributed by atoms with E-state index in [0.717, 1.165) is 20.9 Å². The fourth-order valence-corrected chi connectivity index (χ4v) is 3.60. The molecule has 1 aromatic heterocycles. The van der Waals surface area contributed by atoms with E-state index in [1.54, 1.807) is 30.3 Å². The second-order valence-corrected chi connectivity index (χ2v) is 6.56. The number of benzene rings is 1. The number of fused-ring (bicyclic) bond motifs is 1. The lowest BCUT2D eigenvalue weighted by Crippen LogP contribution is -2.21. The van der Waals surface area contributed by atoms with Gasteiger partial charge in [-0.05, 0) is 31.0 Å². The van der Waals surface area contributed by atoms with Crippen LogP contribution in [0.15, 0.2) is 18.2 Å². The molecule has 0 aliphatic heterocycles. The zero-order valence-corrected chi connectivity index (χ0v) is 12.7. The van der Waals surface area contributed by atoms with Gasteiger partial charge in [0.15, 0.2) is 5.13 Å². The molecule has 1 N–H and O–H groups in total. The Morgan fingerprint density at radius 2 is 2.10 bits per heavy atom. The third kappa shape index (κ3) is 2.63. The van der Waals surface area contributed by atoms with Crippen molar-refractivity contribution in [3.8, 4) is 0 Å². The number of anilines is 1. The number of amides is 1. The van der Waals surface area contributed by atoms with Crippen LogP contribution >= 0.6 is 11.3 Å².